The summed E-state index contributed by atoms with van der Waals surface area (Å²) in [5.74, 6) is -0.0475. The Hall–Kier alpha value is -2.14. The van der Waals surface area contributed by atoms with Gasteiger partial charge in [-0.1, -0.05) is 44.2 Å². The molecular formula is C23H29NO3S. The van der Waals surface area contributed by atoms with Crippen molar-refractivity contribution >= 4 is 28.2 Å². The summed E-state index contributed by atoms with van der Waals surface area (Å²) in [7, 11) is 0. The molecule has 0 saturated carbocycles. The maximum Gasteiger partial charge on any atom is 0.341 e. The van der Waals surface area contributed by atoms with Gasteiger partial charge in [-0.2, -0.15) is 0 Å². The lowest BCUT2D eigenvalue weighted by Crippen LogP contribution is -2.22. The van der Waals surface area contributed by atoms with Gasteiger partial charge in [-0.3, -0.25) is 4.79 Å². The summed E-state index contributed by atoms with van der Waals surface area (Å²) >= 11 is 1.54. The molecule has 5 heteroatoms. The summed E-state index contributed by atoms with van der Waals surface area (Å²) < 4.78 is 5.50. The van der Waals surface area contributed by atoms with Gasteiger partial charge in [0.25, 0.3) is 0 Å². The molecule has 1 aliphatic rings. The zero-order valence-electron chi connectivity index (χ0n) is 17.1. The van der Waals surface area contributed by atoms with Crippen LogP contribution in [-0.2, 0) is 22.4 Å². The van der Waals surface area contributed by atoms with Gasteiger partial charge in [0.05, 0.1) is 17.6 Å². The minimum atomic E-state index is -0.329. The Labute approximate surface area is 171 Å². The van der Waals surface area contributed by atoms with E-state index in [0.717, 1.165) is 30.4 Å². The maximum absolute atomic E-state index is 13.1. The van der Waals surface area contributed by atoms with Crippen LogP contribution in [0.2, 0.25) is 0 Å². The molecule has 2 aromatic rings. The molecule has 0 saturated heterocycles. The van der Waals surface area contributed by atoms with E-state index < -0.39 is 0 Å². The average molecular weight is 400 g/mol. The van der Waals surface area contributed by atoms with Crippen LogP contribution in [0.5, 0.6) is 0 Å². The van der Waals surface area contributed by atoms with Crippen molar-refractivity contribution in [2.45, 2.75) is 65.4 Å². The Bertz CT molecular complexity index is 841. The molecule has 2 atom stereocenters. The number of fused-ring (bicyclic) bond motifs is 1. The van der Waals surface area contributed by atoms with E-state index in [-0.39, 0.29) is 23.9 Å². The smallest absolute Gasteiger partial charge is 0.341 e. The van der Waals surface area contributed by atoms with Crippen LogP contribution in [0.25, 0.3) is 0 Å². The number of thiophene rings is 1. The molecule has 0 spiro atoms. The third-order valence-corrected chi connectivity index (χ3v) is 6.39. The molecule has 0 radical (unpaired) electrons. The first-order valence-corrected chi connectivity index (χ1v) is 10.9. The Balaban J connectivity index is 1.92. The second-order valence-corrected chi connectivity index (χ2v) is 8.98. The zero-order chi connectivity index (χ0) is 20.3. The molecule has 1 aliphatic carbocycles. The van der Waals surface area contributed by atoms with Gasteiger partial charge in [0.15, 0.2) is 0 Å². The van der Waals surface area contributed by atoms with E-state index >= 15 is 0 Å². The van der Waals surface area contributed by atoms with Crippen molar-refractivity contribution in [3.63, 3.8) is 0 Å². The second kappa shape index (κ2) is 8.91. The quantitative estimate of drug-likeness (QED) is 0.646. The molecule has 0 unspecified atom stereocenters. The van der Waals surface area contributed by atoms with Gasteiger partial charge in [-0.05, 0) is 56.6 Å². The third-order valence-electron chi connectivity index (χ3n) is 5.22. The molecule has 0 fully saturated rings. The lowest BCUT2D eigenvalue weighted by molar-refractivity contribution is -0.117. The van der Waals surface area contributed by atoms with Crippen molar-refractivity contribution in [1.82, 2.24) is 0 Å². The molecule has 1 heterocycles. The van der Waals surface area contributed by atoms with Crippen LogP contribution in [0.1, 0.15) is 72.8 Å². The van der Waals surface area contributed by atoms with Crippen LogP contribution in [0.15, 0.2) is 30.3 Å². The SMILES string of the molecule is CC[C@@H](C(=O)Nc1sc2c(c1C(=O)OC(C)C)CC[C@@H](C)C2)c1ccccc1. The van der Waals surface area contributed by atoms with Crippen molar-refractivity contribution in [3.05, 3.63) is 51.9 Å². The van der Waals surface area contributed by atoms with Crippen LogP contribution in [0.3, 0.4) is 0 Å². The molecule has 3 rings (SSSR count). The molecule has 0 aliphatic heterocycles. The molecule has 150 valence electrons. The molecule has 28 heavy (non-hydrogen) atoms. The fourth-order valence-corrected chi connectivity index (χ4v) is 5.19. The first-order valence-electron chi connectivity index (χ1n) is 10.1. The van der Waals surface area contributed by atoms with E-state index in [1.165, 1.54) is 16.2 Å². The van der Waals surface area contributed by atoms with E-state index in [4.69, 9.17) is 4.74 Å². The average Bonchev–Trinajstić information content (AvgIpc) is 2.99. The Morgan fingerprint density at radius 3 is 2.61 bits per heavy atom. The molecular weight excluding hydrogens is 370 g/mol. The number of anilines is 1. The number of amides is 1. The van der Waals surface area contributed by atoms with E-state index in [1.54, 1.807) is 0 Å². The van der Waals surface area contributed by atoms with Gasteiger partial charge >= 0.3 is 5.97 Å². The van der Waals surface area contributed by atoms with Gasteiger partial charge in [0.2, 0.25) is 5.91 Å². The summed E-state index contributed by atoms with van der Waals surface area (Å²) in [6.07, 6.45) is 3.38. The van der Waals surface area contributed by atoms with Gasteiger partial charge in [0.1, 0.15) is 5.00 Å². The Morgan fingerprint density at radius 1 is 1.25 bits per heavy atom. The van der Waals surface area contributed by atoms with Crippen molar-refractivity contribution in [1.29, 1.82) is 0 Å². The number of carbonyl (C=O) groups is 2. The first-order chi connectivity index (χ1) is 13.4. The Morgan fingerprint density at radius 2 is 1.96 bits per heavy atom. The molecule has 1 aromatic heterocycles. The fourth-order valence-electron chi connectivity index (χ4n) is 3.78. The van der Waals surface area contributed by atoms with Crippen molar-refractivity contribution < 1.29 is 14.3 Å². The molecule has 1 N–H and O–H groups in total. The highest BCUT2D eigenvalue weighted by molar-refractivity contribution is 7.17. The third kappa shape index (κ3) is 4.46. The number of ether oxygens (including phenoxy) is 1. The first kappa shape index (κ1) is 20.6. The highest BCUT2D eigenvalue weighted by Gasteiger charge is 2.30. The van der Waals surface area contributed by atoms with E-state index in [9.17, 15) is 9.59 Å². The molecule has 1 aromatic carbocycles. The van der Waals surface area contributed by atoms with E-state index in [2.05, 4.69) is 12.2 Å². The highest BCUT2D eigenvalue weighted by Crippen LogP contribution is 2.40. The number of carbonyl (C=O) groups excluding carboxylic acids is 2. The number of nitrogens with one attached hydrogen (secondary N) is 1. The summed E-state index contributed by atoms with van der Waals surface area (Å²) in [5, 5.41) is 3.71. The molecule has 4 nitrogen and oxygen atoms in total. The number of esters is 1. The van der Waals surface area contributed by atoms with Crippen LogP contribution < -0.4 is 5.32 Å². The predicted molar refractivity (Wildman–Crippen MR) is 114 cm³/mol. The molecule has 0 bridgehead atoms. The van der Waals surface area contributed by atoms with Crippen molar-refractivity contribution in [2.75, 3.05) is 5.32 Å². The lowest BCUT2D eigenvalue weighted by atomic mass is 9.88. The summed E-state index contributed by atoms with van der Waals surface area (Å²) in [6.45, 7) is 7.93. The van der Waals surface area contributed by atoms with Crippen LogP contribution in [0, 0.1) is 5.92 Å². The predicted octanol–water partition coefficient (Wildman–Crippen LogP) is 5.57. The summed E-state index contributed by atoms with van der Waals surface area (Å²) in [6, 6.07) is 9.79. The van der Waals surface area contributed by atoms with Crippen molar-refractivity contribution in [3.8, 4) is 0 Å². The second-order valence-electron chi connectivity index (χ2n) is 7.87. The standard InChI is InChI=1S/C23H29NO3S/c1-5-17(16-9-7-6-8-10-16)21(25)24-22-20(23(26)27-14(2)3)18-12-11-15(4)13-19(18)28-22/h6-10,14-15,17H,5,11-13H2,1-4H3,(H,24,25)/t15-,17-/m1/s1. The minimum Gasteiger partial charge on any atom is -0.459 e. The zero-order valence-corrected chi connectivity index (χ0v) is 17.9. The number of rotatable bonds is 6. The number of hydrogen-bond acceptors (Lipinski definition) is 4. The van der Waals surface area contributed by atoms with Crippen LogP contribution in [-0.4, -0.2) is 18.0 Å². The van der Waals surface area contributed by atoms with Crippen molar-refractivity contribution in [2.24, 2.45) is 5.92 Å². The molecule has 1 amide bonds. The highest BCUT2D eigenvalue weighted by atomic mass is 32.1. The lowest BCUT2D eigenvalue weighted by Gasteiger charge is -2.19. The van der Waals surface area contributed by atoms with Crippen LogP contribution >= 0.6 is 11.3 Å². The minimum absolute atomic E-state index is 0.0704. The van der Waals surface area contributed by atoms with Gasteiger partial charge < -0.3 is 10.1 Å². The van der Waals surface area contributed by atoms with Crippen LogP contribution in [0.4, 0.5) is 5.00 Å². The topological polar surface area (TPSA) is 55.4 Å². The fraction of sp³-hybridized carbons (Fsp3) is 0.478. The normalized spacial score (nSPS) is 17.1. The van der Waals surface area contributed by atoms with E-state index in [1.807, 2.05) is 51.1 Å². The maximum atomic E-state index is 13.1. The van der Waals surface area contributed by atoms with Gasteiger partial charge in [-0.15, -0.1) is 11.3 Å². The largest absolute Gasteiger partial charge is 0.459 e. The number of hydrogen-bond donors (Lipinski definition) is 1. The van der Waals surface area contributed by atoms with Gasteiger partial charge in [0, 0.05) is 4.88 Å². The van der Waals surface area contributed by atoms with Gasteiger partial charge in [-0.25, -0.2) is 4.79 Å². The summed E-state index contributed by atoms with van der Waals surface area (Å²) in [4.78, 5) is 27.1. The Kier molecular flexibility index (Phi) is 6.55. The number of benzene rings is 1. The summed E-state index contributed by atoms with van der Waals surface area (Å²) in [5.41, 5.74) is 2.62. The monoisotopic (exact) mass is 399 g/mol. The van der Waals surface area contributed by atoms with E-state index in [0.29, 0.717) is 22.9 Å².